The summed E-state index contributed by atoms with van der Waals surface area (Å²) in [6.07, 6.45) is 15.5. The largest absolute Gasteiger partial charge is 0.259 e. The van der Waals surface area contributed by atoms with E-state index in [1.54, 1.807) is 0 Å². The van der Waals surface area contributed by atoms with Gasteiger partial charge in [0, 0.05) is 51.5 Å². The third-order valence-electron chi connectivity index (χ3n) is 14.4. The smallest absolute Gasteiger partial charge is 0.0972 e. The minimum absolute atomic E-state index is 0.254. The van der Waals surface area contributed by atoms with Crippen molar-refractivity contribution in [3.05, 3.63) is 186 Å². The number of aromatic nitrogens is 3. The van der Waals surface area contributed by atoms with Crippen LogP contribution < -0.4 is 0 Å². The normalized spacial score (nSPS) is 17.3. The lowest BCUT2D eigenvalue weighted by atomic mass is 9.70. The van der Waals surface area contributed by atoms with Gasteiger partial charge in [0.05, 0.1) is 33.6 Å². The predicted molar refractivity (Wildman–Crippen MR) is 257 cm³/mol. The van der Waals surface area contributed by atoms with Gasteiger partial charge in [-0.15, -0.1) is 0 Å². The predicted octanol–water partition coefficient (Wildman–Crippen LogP) is 14.5. The van der Waals surface area contributed by atoms with Gasteiger partial charge in [0.15, 0.2) is 0 Å². The van der Waals surface area contributed by atoms with Crippen molar-refractivity contribution in [1.82, 2.24) is 15.0 Å². The summed E-state index contributed by atoms with van der Waals surface area (Å²) in [6.45, 7) is 0. The summed E-state index contributed by atoms with van der Waals surface area (Å²) in [5.41, 5.74) is 22.9. The molecule has 10 aromatic rings. The maximum Gasteiger partial charge on any atom is 0.0972 e. The van der Waals surface area contributed by atoms with E-state index in [0.717, 1.165) is 73.8 Å². The number of allylic oxidation sites excluding steroid dienone is 5. The number of hydrogen-bond donors (Lipinski definition) is 0. The first kappa shape index (κ1) is 33.0. The fourth-order valence-electron chi connectivity index (χ4n) is 11.6. The molecule has 3 aromatic heterocycles. The molecular formula is C58H34N4. The van der Waals surface area contributed by atoms with Gasteiger partial charge in [0.2, 0.25) is 0 Å². The number of pyridine rings is 3. The van der Waals surface area contributed by atoms with E-state index in [9.17, 15) is 0 Å². The van der Waals surface area contributed by atoms with Crippen molar-refractivity contribution in [1.29, 1.82) is 0 Å². The minimum atomic E-state index is 0.254. The second-order valence-electron chi connectivity index (χ2n) is 17.6. The van der Waals surface area contributed by atoms with Gasteiger partial charge < -0.3 is 0 Å². The first-order chi connectivity index (χ1) is 30.7. The van der Waals surface area contributed by atoms with E-state index < -0.39 is 0 Å². The molecule has 0 radical (unpaired) electrons. The molecule has 5 aliphatic rings. The lowest BCUT2D eigenvalue weighted by Crippen LogP contribution is -2.17. The van der Waals surface area contributed by atoms with Crippen molar-refractivity contribution >= 4 is 83.4 Å². The summed E-state index contributed by atoms with van der Waals surface area (Å²) in [6, 6.07) is 49.5. The van der Waals surface area contributed by atoms with Crippen molar-refractivity contribution in [2.75, 3.05) is 0 Å². The number of rotatable bonds is 2. The second-order valence-corrected chi connectivity index (χ2v) is 17.6. The zero-order chi connectivity index (χ0) is 40.2. The standard InChI is InChI=1S/C58H34N4/c1-7-40-44-27-37(52-22-19-34-14-12-32-6-4-24-60-56(32)58(34)62-52)17-20-39(44)49-29-47-43-10-2-8-41-45-28-38-25-36(51-21-18-33-13-11-31-5-3-23-59-55(31)57(33)61-51)16-15-35(38)26-46(45)50(54(41)43)30-48(47)42(9-1)53(40)49/h1-2,4,6-30,43,54H,3,5H2. The number of benzene rings is 7. The van der Waals surface area contributed by atoms with Crippen molar-refractivity contribution in [3.63, 3.8) is 0 Å². The first-order valence-corrected chi connectivity index (χ1v) is 21.7. The molecule has 4 heteroatoms. The van der Waals surface area contributed by atoms with Crippen LogP contribution in [0, 0.1) is 5.92 Å². The molecule has 0 N–H and O–H groups in total. The van der Waals surface area contributed by atoms with E-state index in [1.807, 2.05) is 18.5 Å². The zero-order valence-electron chi connectivity index (χ0n) is 33.5. The molecule has 7 aromatic carbocycles. The van der Waals surface area contributed by atoms with Crippen LogP contribution >= 0.6 is 0 Å². The molecule has 2 unspecified atom stereocenters. The average Bonchev–Trinajstić information content (AvgIpc) is 3.82. The van der Waals surface area contributed by atoms with E-state index in [-0.39, 0.29) is 11.8 Å². The number of aryl methyl sites for hydroxylation is 1. The van der Waals surface area contributed by atoms with Crippen LogP contribution in [0.3, 0.4) is 0 Å². The average molecular weight is 787 g/mol. The van der Waals surface area contributed by atoms with Crippen LogP contribution in [0.1, 0.15) is 40.2 Å². The Balaban J connectivity index is 0.849. The fourth-order valence-corrected chi connectivity index (χ4v) is 11.6. The molecule has 0 spiro atoms. The number of aliphatic imine (C=N–C) groups is 1. The highest BCUT2D eigenvalue weighted by Gasteiger charge is 2.42. The lowest BCUT2D eigenvalue weighted by molar-refractivity contribution is 0.740. The van der Waals surface area contributed by atoms with Gasteiger partial charge >= 0.3 is 0 Å². The highest BCUT2D eigenvalue weighted by molar-refractivity contribution is 6.20. The van der Waals surface area contributed by atoms with Gasteiger partial charge in [-0.3, -0.25) is 9.98 Å². The van der Waals surface area contributed by atoms with Crippen LogP contribution in [0.4, 0.5) is 5.69 Å². The fraction of sp³-hybridized carbons (Fsp3) is 0.0690. The van der Waals surface area contributed by atoms with E-state index in [4.69, 9.17) is 19.9 Å². The molecule has 286 valence electrons. The molecule has 15 rings (SSSR count). The Kier molecular flexibility index (Phi) is 6.34. The van der Waals surface area contributed by atoms with Gasteiger partial charge in [-0.1, -0.05) is 103 Å². The summed E-state index contributed by atoms with van der Waals surface area (Å²) < 4.78 is 0. The minimum Gasteiger partial charge on any atom is -0.259 e. The summed E-state index contributed by atoms with van der Waals surface area (Å²) in [7, 11) is 0. The molecule has 4 aliphatic carbocycles. The van der Waals surface area contributed by atoms with Crippen molar-refractivity contribution in [2.24, 2.45) is 10.9 Å². The molecule has 0 fully saturated rings. The molecule has 4 nitrogen and oxygen atoms in total. The molecule has 62 heavy (non-hydrogen) atoms. The lowest BCUT2D eigenvalue weighted by Gasteiger charge is -2.32. The van der Waals surface area contributed by atoms with Crippen LogP contribution in [0.25, 0.3) is 116 Å². The summed E-state index contributed by atoms with van der Waals surface area (Å²) in [5.74, 6) is 0.539. The zero-order valence-corrected chi connectivity index (χ0v) is 33.5. The number of nitrogens with zero attached hydrogens (tertiary/aromatic N) is 4. The Morgan fingerprint density at radius 1 is 0.532 bits per heavy atom. The molecule has 0 saturated heterocycles. The van der Waals surface area contributed by atoms with Gasteiger partial charge in [-0.2, -0.15) is 0 Å². The van der Waals surface area contributed by atoms with Gasteiger partial charge in [-0.05, 0) is 150 Å². The quantitative estimate of drug-likeness (QED) is 0.164. The molecule has 0 amide bonds. The molecule has 4 heterocycles. The Labute approximate surface area is 357 Å². The number of hydrogen-bond acceptors (Lipinski definition) is 4. The second kappa shape index (κ2) is 11.9. The molecule has 0 bridgehead atoms. The number of fused-ring (bicyclic) bond motifs is 16. The summed E-state index contributed by atoms with van der Waals surface area (Å²) in [5, 5.41) is 8.52. The summed E-state index contributed by atoms with van der Waals surface area (Å²) >= 11 is 0. The summed E-state index contributed by atoms with van der Waals surface area (Å²) in [4.78, 5) is 19.9. The van der Waals surface area contributed by atoms with E-state index in [2.05, 4.69) is 152 Å². The first-order valence-electron chi connectivity index (χ1n) is 21.7. The van der Waals surface area contributed by atoms with E-state index >= 15 is 0 Å². The molecular weight excluding hydrogens is 753 g/mol. The van der Waals surface area contributed by atoms with Crippen LogP contribution in [0.15, 0.2) is 163 Å². The maximum absolute atomic E-state index is 5.22. The van der Waals surface area contributed by atoms with Crippen LogP contribution in [0.2, 0.25) is 0 Å². The SMILES string of the molecule is C1=CC2c3cc4c5c(cccc5c3C=C3c5cc6ccc(-c7ccc8ccc9c(c8n7)N=CCC9)cc6cc5C(=C1)C32)-c1cc(-c2ccc3ccc5cccnc5c3n2)ccc1-4. The molecule has 2 atom stereocenters. The third kappa shape index (κ3) is 4.40. The van der Waals surface area contributed by atoms with Crippen molar-refractivity contribution in [2.45, 2.75) is 18.8 Å². The van der Waals surface area contributed by atoms with Crippen LogP contribution in [-0.2, 0) is 6.42 Å². The van der Waals surface area contributed by atoms with Crippen LogP contribution in [-0.4, -0.2) is 21.2 Å². The third-order valence-corrected chi connectivity index (χ3v) is 14.4. The molecule has 0 saturated carbocycles. The highest BCUT2D eigenvalue weighted by Crippen LogP contribution is 2.60. The van der Waals surface area contributed by atoms with Crippen molar-refractivity contribution in [3.8, 4) is 44.8 Å². The topological polar surface area (TPSA) is 51.0 Å². The Hall–Kier alpha value is -7.82. The van der Waals surface area contributed by atoms with Crippen LogP contribution in [0.5, 0.6) is 0 Å². The van der Waals surface area contributed by atoms with Gasteiger partial charge in [-0.25, -0.2) is 9.97 Å². The Bertz CT molecular complexity index is 3880. The van der Waals surface area contributed by atoms with Gasteiger partial charge in [0.25, 0.3) is 0 Å². The Morgan fingerprint density at radius 2 is 1.31 bits per heavy atom. The van der Waals surface area contributed by atoms with E-state index in [0.29, 0.717) is 0 Å². The van der Waals surface area contributed by atoms with Gasteiger partial charge in [0.1, 0.15) is 0 Å². The maximum atomic E-state index is 5.22. The highest BCUT2D eigenvalue weighted by atomic mass is 14.8. The Morgan fingerprint density at radius 3 is 2.24 bits per heavy atom. The molecule has 1 aliphatic heterocycles. The van der Waals surface area contributed by atoms with Crippen molar-refractivity contribution < 1.29 is 0 Å². The van der Waals surface area contributed by atoms with E-state index in [1.165, 1.54) is 82.8 Å². The monoisotopic (exact) mass is 786 g/mol.